The second kappa shape index (κ2) is 4.61. The lowest BCUT2D eigenvalue weighted by molar-refractivity contribution is 0.227. The molecule has 0 saturated heterocycles. The minimum Gasteiger partial charge on any atom is -0.382 e. The smallest absolute Gasteiger partial charge is 0.123 e. The molecule has 0 saturated carbocycles. The lowest BCUT2D eigenvalue weighted by atomic mass is 10.1. The first kappa shape index (κ1) is 12.3. The number of aryl methyl sites for hydroxylation is 3. The van der Waals surface area contributed by atoms with Crippen LogP contribution in [0, 0.1) is 20.8 Å². The van der Waals surface area contributed by atoms with Crippen LogP contribution in [0.3, 0.4) is 0 Å². The van der Waals surface area contributed by atoms with Crippen LogP contribution in [0.2, 0.25) is 0 Å². The van der Waals surface area contributed by atoms with E-state index in [0.717, 1.165) is 13.5 Å². The Morgan fingerprint density at radius 3 is 2.25 bits per heavy atom. The molecule has 0 aliphatic rings. The molecule has 86 valence electrons. The molecule has 0 aliphatic carbocycles. The summed E-state index contributed by atoms with van der Waals surface area (Å²) in [6.45, 7) is 6.17. The molecule has 0 spiro atoms. The number of hydrogen-bond acceptors (Lipinski definition) is 3. The molecule has 4 heteroatoms. The van der Waals surface area contributed by atoms with E-state index in [1.54, 1.807) is 22.7 Å². The van der Waals surface area contributed by atoms with Crippen LogP contribution in [0.4, 0.5) is 0 Å². The van der Waals surface area contributed by atoms with E-state index in [0.29, 0.717) is 0 Å². The summed E-state index contributed by atoms with van der Waals surface area (Å²) < 4.78 is 1.10. The fraction of sp³-hybridized carbons (Fsp3) is 0.333. The van der Waals surface area contributed by atoms with Gasteiger partial charge < -0.3 is 5.11 Å². The zero-order valence-electron chi connectivity index (χ0n) is 9.37. The summed E-state index contributed by atoms with van der Waals surface area (Å²) in [5, 5.41) is 10.3. The predicted octanol–water partition coefficient (Wildman–Crippen LogP) is 4.58. The average molecular weight is 317 g/mol. The highest BCUT2D eigenvalue weighted by molar-refractivity contribution is 9.11. The predicted molar refractivity (Wildman–Crippen MR) is 74.6 cm³/mol. The Bertz CT molecular complexity index is 494. The van der Waals surface area contributed by atoms with Gasteiger partial charge in [0.15, 0.2) is 0 Å². The molecule has 0 fully saturated rings. The highest BCUT2D eigenvalue weighted by atomic mass is 79.9. The fourth-order valence-corrected chi connectivity index (χ4v) is 4.36. The molecular formula is C12H13BrOS2. The van der Waals surface area contributed by atoms with Crippen LogP contribution in [0.15, 0.2) is 15.9 Å². The van der Waals surface area contributed by atoms with Gasteiger partial charge in [-0.15, -0.1) is 22.7 Å². The number of thiophene rings is 2. The molecule has 0 radical (unpaired) electrons. The molecule has 2 aromatic rings. The van der Waals surface area contributed by atoms with Gasteiger partial charge in [-0.3, -0.25) is 0 Å². The minimum atomic E-state index is -0.478. The maximum Gasteiger partial charge on any atom is 0.123 e. The topological polar surface area (TPSA) is 20.2 Å². The molecule has 2 rings (SSSR count). The van der Waals surface area contributed by atoms with Gasteiger partial charge in [0, 0.05) is 14.6 Å². The molecule has 2 aromatic heterocycles. The SMILES string of the molecule is Cc1cc(C)c(C(O)c2cc(C)c(Br)s2)s1. The average Bonchev–Trinajstić information content (AvgIpc) is 2.70. The zero-order valence-corrected chi connectivity index (χ0v) is 12.6. The summed E-state index contributed by atoms with van der Waals surface area (Å²) in [6, 6.07) is 4.17. The van der Waals surface area contributed by atoms with Gasteiger partial charge in [-0.2, -0.15) is 0 Å². The quantitative estimate of drug-likeness (QED) is 0.859. The second-order valence-corrected chi connectivity index (χ2v) is 7.60. The number of aliphatic hydroxyl groups excluding tert-OH is 1. The van der Waals surface area contributed by atoms with Gasteiger partial charge in [-0.25, -0.2) is 0 Å². The van der Waals surface area contributed by atoms with Gasteiger partial charge in [0.2, 0.25) is 0 Å². The van der Waals surface area contributed by atoms with Crippen molar-refractivity contribution in [2.24, 2.45) is 0 Å². The van der Waals surface area contributed by atoms with Crippen LogP contribution < -0.4 is 0 Å². The first-order valence-electron chi connectivity index (χ1n) is 5.00. The molecule has 2 heterocycles. The van der Waals surface area contributed by atoms with E-state index in [4.69, 9.17) is 0 Å². The van der Waals surface area contributed by atoms with E-state index in [2.05, 4.69) is 35.8 Å². The van der Waals surface area contributed by atoms with Gasteiger partial charge in [0.1, 0.15) is 6.10 Å². The normalized spacial score (nSPS) is 13.1. The molecule has 1 N–H and O–H groups in total. The second-order valence-electron chi connectivity index (χ2n) is 3.91. The van der Waals surface area contributed by atoms with Crippen LogP contribution in [-0.2, 0) is 0 Å². The van der Waals surface area contributed by atoms with E-state index in [1.165, 1.54) is 16.0 Å². The number of rotatable bonds is 2. The van der Waals surface area contributed by atoms with Crippen molar-refractivity contribution in [3.05, 3.63) is 41.7 Å². The van der Waals surface area contributed by atoms with Crippen LogP contribution in [0.1, 0.15) is 31.9 Å². The van der Waals surface area contributed by atoms with E-state index in [9.17, 15) is 5.11 Å². The van der Waals surface area contributed by atoms with Crippen LogP contribution >= 0.6 is 38.6 Å². The minimum absolute atomic E-state index is 0.478. The molecule has 1 unspecified atom stereocenters. The van der Waals surface area contributed by atoms with Crippen molar-refractivity contribution < 1.29 is 5.11 Å². The van der Waals surface area contributed by atoms with E-state index in [1.807, 2.05) is 13.0 Å². The first-order chi connectivity index (χ1) is 7.49. The molecule has 1 nitrogen and oxygen atoms in total. The highest BCUT2D eigenvalue weighted by Gasteiger charge is 2.18. The molecular weight excluding hydrogens is 304 g/mol. The third kappa shape index (κ3) is 2.25. The lowest BCUT2D eigenvalue weighted by Crippen LogP contribution is -1.95. The molecule has 0 bridgehead atoms. The standard InChI is InChI=1S/C12H13BrOS2/c1-6-4-8(3)15-11(6)10(14)9-5-7(2)12(13)16-9/h4-5,10,14H,1-3H3. The van der Waals surface area contributed by atoms with Crippen molar-refractivity contribution in [3.8, 4) is 0 Å². The largest absolute Gasteiger partial charge is 0.382 e. The Morgan fingerprint density at radius 2 is 1.81 bits per heavy atom. The first-order valence-corrected chi connectivity index (χ1v) is 7.42. The molecule has 0 aliphatic heterocycles. The van der Waals surface area contributed by atoms with Gasteiger partial charge in [-0.05, 0) is 60.0 Å². The van der Waals surface area contributed by atoms with Gasteiger partial charge in [0.25, 0.3) is 0 Å². The third-order valence-electron chi connectivity index (χ3n) is 2.47. The van der Waals surface area contributed by atoms with Crippen molar-refractivity contribution in [2.45, 2.75) is 26.9 Å². The van der Waals surface area contributed by atoms with Gasteiger partial charge in [-0.1, -0.05) is 0 Å². The van der Waals surface area contributed by atoms with Crippen molar-refractivity contribution in [3.63, 3.8) is 0 Å². The summed E-state index contributed by atoms with van der Waals surface area (Å²) in [6.07, 6.45) is -0.478. The Kier molecular flexibility index (Phi) is 3.54. The third-order valence-corrected chi connectivity index (χ3v) is 5.87. The molecule has 16 heavy (non-hydrogen) atoms. The summed E-state index contributed by atoms with van der Waals surface area (Å²) >= 11 is 6.77. The Morgan fingerprint density at radius 1 is 1.12 bits per heavy atom. The number of halogens is 1. The van der Waals surface area contributed by atoms with Crippen LogP contribution in [0.5, 0.6) is 0 Å². The fourth-order valence-electron chi connectivity index (χ4n) is 1.68. The zero-order chi connectivity index (χ0) is 11.9. The van der Waals surface area contributed by atoms with E-state index < -0.39 is 6.10 Å². The Balaban J connectivity index is 2.38. The molecule has 1 atom stereocenters. The monoisotopic (exact) mass is 316 g/mol. The maximum atomic E-state index is 10.3. The van der Waals surface area contributed by atoms with Gasteiger partial charge >= 0.3 is 0 Å². The van der Waals surface area contributed by atoms with Crippen molar-refractivity contribution >= 4 is 38.6 Å². The summed E-state index contributed by atoms with van der Waals surface area (Å²) in [5.41, 5.74) is 2.36. The van der Waals surface area contributed by atoms with E-state index >= 15 is 0 Å². The van der Waals surface area contributed by atoms with E-state index in [-0.39, 0.29) is 0 Å². The summed E-state index contributed by atoms with van der Waals surface area (Å²) in [7, 11) is 0. The number of hydrogen-bond donors (Lipinski definition) is 1. The van der Waals surface area contributed by atoms with Gasteiger partial charge in [0.05, 0.1) is 3.79 Å². The van der Waals surface area contributed by atoms with Crippen LogP contribution in [-0.4, -0.2) is 5.11 Å². The highest BCUT2D eigenvalue weighted by Crippen LogP contribution is 2.37. The summed E-state index contributed by atoms with van der Waals surface area (Å²) in [5.74, 6) is 0. The van der Waals surface area contributed by atoms with Crippen molar-refractivity contribution in [1.29, 1.82) is 0 Å². The van der Waals surface area contributed by atoms with Crippen molar-refractivity contribution in [1.82, 2.24) is 0 Å². The number of aliphatic hydroxyl groups is 1. The Labute approximate surface area is 112 Å². The molecule has 0 aromatic carbocycles. The van der Waals surface area contributed by atoms with Crippen LogP contribution in [0.25, 0.3) is 0 Å². The summed E-state index contributed by atoms with van der Waals surface area (Å²) in [4.78, 5) is 3.32. The maximum absolute atomic E-state index is 10.3. The lowest BCUT2D eigenvalue weighted by Gasteiger charge is -2.07. The molecule has 0 amide bonds. The van der Waals surface area contributed by atoms with Crippen molar-refractivity contribution in [2.75, 3.05) is 0 Å². The Hall–Kier alpha value is -0.160.